The van der Waals surface area contributed by atoms with Crippen molar-refractivity contribution in [1.82, 2.24) is 10.6 Å². The molecular weight excluding hydrogens is 352 g/mol. The van der Waals surface area contributed by atoms with Crippen molar-refractivity contribution in [2.45, 2.75) is 13.1 Å². The van der Waals surface area contributed by atoms with Crippen molar-refractivity contribution in [3.05, 3.63) is 71.8 Å². The molecule has 0 saturated carbocycles. The highest BCUT2D eigenvalue weighted by Crippen LogP contribution is 2.28. The summed E-state index contributed by atoms with van der Waals surface area (Å²) < 4.78 is 10.7. The predicted octanol–water partition coefficient (Wildman–Crippen LogP) is 3.86. The zero-order chi connectivity index (χ0) is 19.8. The van der Waals surface area contributed by atoms with Gasteiger partial charge in [0.2, 0.25) is 0 Å². The molecule has 2 N–H and O–H groups in total. The zero-order valence-corrected chi connectivity index (χ0v) is 15.7. The summed E-state index contributed by atoms with van der Waals surface area (Å²) in [5.74, 6) is 3.57. The van der Waals surface area contributed by atoms with E-state index in [4.69, 9.17) is 15.9 Å². The fourth-order valence-electron chi connectivity index (χ4n) is 2.93. The van der Waals surface area contributed by atoms with Gasteiger partial charge in [0.25, 0.3) is 0 Å². The molecule has 142 valence electrons. The summed E-state index contributed by atoms with van der Waals surface area (Å²) in [5.41, 5.74) is 1.95. The molecule has 0 aromatic heterocycles. The Morgan fingerprint density at radius 3 is 2.61 bits per heavy atom. The van der Waals surface area contributed by atoms with Crippen LogP contribution < -0.4 is 20.1 Å². The van der Waals surface area contributed by atoms with Crippen LogP contribution in [0, 0.1) is 12.3 Å². The molecule has 3 rings (SSSR count). The summed E-state index contributed by atoms with van der Waals surface area (Å²) >= 11 is 0. The van der Waals surface area contributed by atoms with Gasteiger partial charge in [0.15, 0.2) is 11.5 Å². The third-order valence-corrected chi connectivity index (χ3v) is 4.31. The van der Waals surface area contributed by atoms with Gasteiger partial charge in [0.1, 0.15) is 6.61 Å². The maximum absolute atomic E-state index is 12.2. The standard InChI is InChI=1S/C23H22N2O3/c1-3-13-28-22-14-17(11-12-21(22)27-2)15-24-23(26)25-16-19-9-6-8-18-7-4-5-10-20(18)19/h1,4-12,14H,13,15-16H2,2H3,(H2,24,25,26). The third-order valence-electron chi connectivity index (χ3n) is 4.31. The van der Waals surface area contributed by atoms with Gasteiger partial charge in [-0.15, -0.1) is 6.42 Å². The summed E-state index contributed by atoms with van der Waals surface area (Å²) in [7, 11) is 1.57. The topological polar surface area (TPSA) is 59.6 Å². The molecule has 5 nitrogen and oxygen atoms in total. The van der Waals surface area contributed by atoms with Gasteiger partial charge in [0.05, 0.1) is 7.11 Å². The van der Waals surface area contributed by atoms with Crippen LogP contribution in [0.3, 0.4) is 0 Å². The van der Waals surface area contributed by atoms with E-state index < -0.39 is 0 Å². The van der Waals surface area contributed by atoms with E-state index in [1.165, 1.54) is 0 Å². The van der Waals surface area contributed by atoms with E-state index in [2.05, 4.69) is 34.8 Å². The Labute approximate surface area is 164 Å². The number of urea groups is 1. The molecule has 5 heteroatoms. The van der Waals surface area contributed by atoms with E-state index >= 15 is 0 Å². The Kier molecular flexibility index (Phi) is 6.37. The molecule has 0 aliphatic rings. The number of ether oxygens (including phenoxy) is 2. The van der Waals surface area contributed by atoms with Crippen LogP contribution in [0.4, 0.5) is 4.79 Å². The lowest BCUT2D eigenvalue weighted by molar-refractivity contribution is 0.240. The van der Waals surface area contributed by atoms with E-state index in [9.17, 15) is 4.79 Å². The van der Waals surface area contributed by atoms with E-state index in [0.717, 1.165) is 21.9 Å². The summed E-state index contributed by atoms with van der Waals surface area (Å²) in [6, 6.07) is 19.4. The summed E-state index contributed by atoms with van der Waals surface area (Å²) in [6.07, 6.45) is 5.24. The number of terminal acetylenes is 1. The molecule has 3 aromatic carbocycles. The maximum atomic E-state index is 12.2. The molecule has 0 atom stereocenters. The highest BCUT2D eigenvalue weighted by molar-refractivity contribution is 5.86. The molecule has 3 aromatic rings. The molecule has 0 heterocycles. The van der Waals surface area contributed by atoms with Gasteiger partial charge in [-0.25, -0.2) is 4.79 Å². The highest BCUT2D eigenvalue weighted by Gasteiger charge is 2.07. The molecule has 28 heavy (non-hydrogen) atoms. The number of methoxy groups -OCH3 is 1. The van der Waals surface area contributed by atoms with Crippen LogP contribution >= 0.6 is 0 Å². The second kappa shape index (κ2) is 9.33. The summed E-state index contributed by atoms with van der Waals surface area (Å²) in [5, 5.41) is 8.04. The van der Waals surface area contributed by atoms with E-state index in [1.54, 1.807) is 19.2 Å². The number of fused-ring (bicyclic) bond motifs is 1. The fraction of sp³-hybridized carbons (Fsp3) is 0.174. The van der Waals surface area contributed by atoms with Gasteiger partial charge < -0.3 is 20.1 Å². The molecule has 0 aliphatic heterocycles. The van der Waals surface area contributed by atoms with Crippen molar-refractivity contribution in [3.63, 3.8) is 0 Å². The molecule has 0 radical (unpaired) electrons. The van der Waals surface area contributed by atoms with Crippen molar-refractivity contribution in [2.24, 2.45) is 0 Å². The monoisotopic (exact) mass is 374 g/mol. The van der Waals surface area contributed by atoms with Crippen molar-refractivity contribution in [1.29, 1.82) is 0 Å². The molecule has 0 bridgehead atoms. The van der Waals surface area contributed by atoms with Crippen LogP contribution in [0.2, 0.25) is 0 Å². The Hall–Kier alpha value is -3.65. The Morgan fingerprint density at radius 2 is 1.79 bits per heavy atom. The number of carbonyl (C=O) groups is 1. The van der Waals surface area contributed by atoms with E-state index in [1.807, 2.05) is 30.3 Å². The van der Waals surface area contributed by atoms with Gasteiger partial charge in [-0.1, -0.05) is 54.5 Å². The molecule has 0 spiro atoms. The fourth-order valence-corrected chi connectivity index (χ4v) is 2.93. The van der Waals surface area contributed by atoms with Crippen LogP contribution in [0.15, 0.2) is 60.7 Å². The molecule has 0 unspecified atom stereocenters. The predicted molar refractivity (Wildman–Crippen MR) is 110 cm³/mol. The van der Waals surface area contributed by atoms with Crippen molar-refractivity contribution < 1.29 is 14.3 Å². The lowest BCUT2D eigenvalue weighted by Gasteiger charge is -2.12. The van der Waals surface area contributed by atoms with Gasteiger partial charge in [-0.2, -0.15) is 0 Å². The van der Waals surface area contributed by atoms with Crippen LogP contribution in [-0.2, 0) is 13.1 Å². The first-order valence-corrected chi connectivity index (χ1v) is 8.93. The van der Waals surface area contributed by atoms with Gasteiger partial charge in [-0.05, 0) is 34.0 Å². The quantitative estimate of drug-likeness (QED) is 0.618. The first-order chi connectivity index (χ1) is 13.7. The number of rotatable bonds is 7. The third kappa shape index (κ3) is 4.74. The molecule has 2 amide bonds. The van der Waals surface area contributed by atoms with Crippen LogP contribution in [0.1, 0.15) is 11.1 Å². The minimum atomic E-state index is -0.241. The van der Waals surface area contributed by atoms with Crippen LogP contribution in [0.25, 0.3) is 10.8 Å². The minimum absolute atomic E-state index is 0.152. The number of benzene rings is 3. The SMILES string of the molecule is C#CCOc1cc(CNC(=O)NCc2cccc3ccccc23)ccc1OC. The Bertz CT molecular complexity index is 1000. The molecule has 0 aliphatic carbocycles. The summed E-state index contributed by atoms with van der Waals surface area (Å²) in [6.45, 7) is 0.961. The van der Waals surface area contributed by atoms with Gasteiger partial charge in [0, 0.05) is 13.1 Å². The second-order valence-electron chi connectivity index (χ2n) is 6.15. The van der Waals surface area contributed by atoms with Gasteiger partial charge >= 0.3 is 6.03 Å². The highest BCUT2D eigenvalue weighted by atomic mass is 16.5. The summed E-state index contributed by atoms with van der Waals surface area (Å²) in [4.78, 5) is 12.2. The lowest BCUT2D eigenvalue weighted by Crippen LogP contribution is -2.34. The lowest BCUT2D eigenvalue weighted by atomic mass is 10.0. The number of hydrogen-bond donors (Lipinski definition) is 2. The van der Waals surface area contributed by atoms with Crippen molar-refractivity contribution >= 4 is 16.8 Å². The van der Waals surface area contributed by atoms with E-state index in [-0.39, 0.29) is 12.6 Å². The average Bonchev–Trinajstić information content (AvgIpc) is 2.74. The first kappa shape index (κ1) is 19.1. The molecule has 0 fully saturated rings. The first-order valence-electron chi connectivity index (χ1n) is 8.93. The largest absolute Gasteiger partial charge is 0.493 e. The Morgan fingerprint density at radius 1 is 1.00 bits per heavy atom. The number of hydrogen-bond acceptors (Lipinski definition) is 3. The molecular formula is C23H22N2O3. The van der Waals surface area contributed by atoms with E-state index in [0.29, 0.717) is 24.6 Å². The average molecular weight is 374 g/mol. The number of amides is 2. The van der Waals surface area contributed by atoms with Crippen molar-refractivity contribution in [2.75, 3.05) is 13.7 Å². The molecule has 0 saturated heterocycles. The van der Waals surface area contributed by atoms with Crippen LogP contribution in [-0.4, -0.2) is 19.7 Å². The van der Waals surface area contributed by atoms with Crippen LogP contribution in [0.5, 0.6) is 11.5 Å². The smallest absolute Gasteiger partial charge is 0.315 e. The minimum Gasteiger partial charge on any atom is -0.493 e. The normalized spacial score (nSPS) is 10.1. The zero-order valence-electron chi connectivity index (χ0n) is 15.7. The number of nitrogens with one attached hydrogen (secondary N) is 2. The van der Waals surface area contributed by atoms with Gasteiger partial charge in [-0.3, -0.25) is 0 Å². The number of carbonyl (C=O) groups excluding carboxylic acids is 1. The second-order valence-corrected chi connectivity index (χ2v) is 6.15. The Balaban J connectivity index is 1.57. The maximum Gasteiger partial charge on any atom is 0.315 e. The van der Waals surface area contributed by atoms with Crippen molar-refractivity contribution in [3.8, 4) is 23.8 Å².